The van der Waals surface area contributed by atoms with E-state index in [-0.39, 0.29) is 0 Å². The fraction of sp³-hybridized carbons (Fsp3) is 0. The van der Waals surface area contributed by atoms with E-state index in [1.165, 1.54) is 43.4 Å². The van der Waals surface area contributed by atoms with Crippen molar-refractivity contribution in [2.75, 3.05) is 0 Å². The Morgan fingerprint density at radius 2 is 1.04 bits per heavy atom. The van der Waals surface area contributed by atoms with Crippen LogP contribution in [0.4, 0.5) is 0 Å². The number of para-hydroxylation sites is 1. The summed E-state index contributed by atoms with van der Waals surface area (Å²) >= 11 is 0. The van der Waals surface area contributed by atoms with Crippen LogP contribution in [-0.2, 0) is 0 Å². The number of rotatable bonds is 3. The van der Waals surface area contributed by atoms with Crippen LogP contribution in [0.5, 0.6) is 0 Å². The smallest absolute Gasteiger partial charge is 0.253 e. The van der Waals surface area contributed by atoms with Crippen molar-refractivity contribution in [2.45, 2.75) is 0 Å². The van der Waals surface area contributed by atoms with Crippen molar-refractivity contribution >= 4 is 60.0 Å². The maximum absolute atomic E-state index is 5.02. The molecule has 10 rings (SSSR count). The number of benzene rings is 7. The zero-order chi connectivity index (χ0) is 30.2. The summed E-state index contributed by atoms with van der Waals surface area (Å²) in [4.78, 5) is 10.00. The molecule has 5 heteroatoms. The van der Waals surface area contributed by atoms with Crippen molar-refractivity contribution in [3.63, 3.8) is 0 Å². The minimum atomic E-state index is 0.577. The first-order valence-electron chi connectivity index (χ1n) is 15.5. The molecule has 0 aliphatic rings. The van der Waals surface area contributed by atoms with Crippen LogP contribution < -0.4 is 0 Å². The van der Waals surface area contributed by atoms with Gasteiger partial charge in [-0.25, -0.2) is 4.98 Å². The van der Waals surface area contributed by atoms with E-state index in [1.54, 1.807) is 0 Å². The van der Waals surface area contributed by atoms with E-state index in [0.29, 0.717) is 11.6 Å². The lowest BCUT2D eigenvalue weighted by Crippen LogP contribution is -1.97. The third kappa shape index (κ3) is 3.60. The van der Waals surface area contributed by atoms with Crippen LogP contribution in [0.2, 0.25) is 0 Å². The molecular formula is C41H25N5. The Labute approximate surface area is 263 Å². The molecule has 0 N–H and O–H groups in total. The van der Waals surface area contributed by atoms with Crippen molar-refractivity contribution in [2.24, 2.45) is 0 Å². The molecule has 0 aliphatic carbocycles. The first kappa shape index (κ1) is 25.0. The van der Waals surface area contributed by atoms with Crippen molar-refractivity contribution in [3.8, 4) is 28.3 Å². The van der Waals surface area contributed by atoms with Gasteiger partial charge in [0, 0.05) is 33.0 Å². The average Bonchev–Trinajstić information content (AvgIpc) is 3.72. The Morgan fingerprint density at radius 3 is 1.76 bits per heavy atom. The standard InChI is InChI=1S/C41H25N5/c1-2-13-28(14-3-1)39-33-19-8-9-20-34(33)46-41(42-39)43-40(44-46)29-15-10-16-30(25-29)45-35-23-21-26-11-4-6-17-31(26)37(35)38-32-18-7-5-12-27(32)22-24-36(38)45/h1-25H. The zero-order valence-electron chi connectivity index (χ0n) is 24.7. The van der Waals surface area contributed by atoms with Gasteiger partial charge in [0.1, 0.15) is 0 Å². The summed E-state index contributed by atoms with van der Waals surface area (Å²) < 4.78 is 4.24. The van der Waals surface area contributed by atoms with Crippen LogP contribution in [0, 0.1) is 0 Å². The maximum atomic E-state index is 5.02. The fourth-order valence-corrected chi connectivity index (χ4v) is 7.11. The highest BCUT2D eigenvalue weighted by atomic mass is 15.3. The van der Waals surface area contributed by atoms with Gasteiger partial charge < -0.3 is 4.57 Å². The molecule has 214 valence electrons. The molecule has 0 spiro atoms. The SMILES string of the molecule is c1ccc(-c2nc3nc(-c4cccc(-n5c6ccc7ccccc7c6c6c7ccccc7ccc65)c4)nn3c3ccccc23)cc1. The first-order chi connectivity index (χ1) is 22.8. The maximum Gasteiger partial charge on any atom is 0.253 e. The molecule has 0 amide bonds. The van der Waals surface area contributed by atoms with Crippen molar-refractivity contribution in [1.29, 1.82) is 0 Å². The van der Waals surface area contributed by atoms with Gasteiger partial charge in [0.15, 0.2) is 5.82 Å². The summed E-state index contributed by atoms with van der Waals surface area (Å²) in [6.45, 7) is 0. The highest BCUT2D eigenvalue weighted by Gasteiger charge is 2.19. The molecule has 10 aromatic rings. The Balaban J connectivity index is 1.22. The molecule has 0 atom stereocenters. The minimum Gasteiger partial charge on any atom is -0.309 e. The van der Waals surface area contributed by atoms with Gasteiger partial charge in [0.05, 0.1) is 22.2 Å². The lowest BCUT2D eigenvalue weighted by molar-refractivity contribution is 0.988. The molecule has 0 unspecified atom stereocenters. The Kier molecular flexibility index (Phi) is 5.22. The highest BCUT2D eigenvalue weighted by Crippen LogP contribution is 2.41. The molecule has 0 radical (unpaired) electrons. The molecule has 3 heterocycles. The van der Waals surface area contributed by atoms with Gasteiger partial charge in [-0.1, -0.05) is 121 Å². The van der Waals surface area contributed by atoms with Crippen LogP contribution >= 0.6 is 0 Å². The number of aromatic nitrogens is 5. The number of hydrogen-bond donors (Lipinski definition) is 0. The van der Waals surface area contributed by atoms with E-state index in [0.717, 1.165) is 33.4 Å². The van der Waals surface area contributed by atoms with E-state index in [2.05, 4.69) is 126 Å². The predicted molar refractivity (Wildman–Crippen MR) is 189 cm³/mol. The van der Waals surface area contributed by atoms with Crippen LogP contribution in [-0.4, -0.2) is 24.1 Å². The zero-order valence-corrected chi connectivity index (χ0v) is 24.7. The number of fused-ring (bicyclic) bond motifs is 10. The third-order valence-corrected chi connectivity index (χ3v) is 9.14. The van der Waals surface area contributed by atoms with Gasteiger partial charge in [-0.05, 0) is 51.9 Å². The summed E-state index contributed by atoms with van der Waals surface area (Å²) in [5.74, 6) is 1.22. The molecule has 46 heavy (non-hydrogen) atoms. The summed E-state index contributed by atoms with van der Waals surface area (Å²) in [7, 11) is 0. The second-order valence-corrected chi connectivity index (χ2v) is 11.7. The molecule has 0 aliphatic heterocycles. The minimum absolute atomic E-state index is 0.577. The Hall–Kier alpha value is -6.33. The summed E-state index contributed by atoms with van der Waals surface area (Å²) in [5, 5.41) is 13.6. The molecule has 3 aromatic heterocycles. The van der Waals surface area contributed by atoms with Crippen molar-refractivity contribution in [1.82, 2.24) is 24.1 Å². The van der Waals surface area contributed by atoms with E-state index < -0.39 is 0 Å². The second kappa shape index (κ2) is 9.58. The Morgan fingerprint density at radius 1 is 0.435 bits per heavy atom. The first-order valence-corrected chi connectivity index (χ1v) is 15.5. The van der Waals surface area contributed by atoms with Crippen molar-refractivity contribution < 1.29 is 0 Å². The van der Waals surface area contributed by atoms with Gasteiger partial charge in [-0.2, -0.15) is 9.50 Å². The van der Waals surface area contributed by atoms with Crippen LogP contribution in [0.25, 0.3) is 88.4 Å². The lowest BCUT2D eigenvalue weighted by Gasteiger charge is -2.10. The van der Waals surface area contributed by atoms with Gasteiger partial charge in [-0.15, -0.1) is 5.10 Å². The molecule has 0 fully saturated rings. The molecule has 0 saturated heterocycles. The third-order valence-electron chi connectivity index (χ3n) is 9.14. The monoisotopic (exact) mass is 587 g/mol. The van der Waals surface area contributed by atoms with Gasteiger partial charge in [0.2, 0.25) is 0 Å². The highest BCUT2D eigenvalue weighted by molar-refractivity contribution is 6.28. The van der Waals surface area contributed by atoms with Crippen molar-refractivity contribution in [3.05, 3.63) is 152 Å². The van der Waals surface area contributed by atoms with E-state index in [4.69, 9.17) is 15.1 Å². The second-order valence-electron chi connectivity index (χ2n) is 11.7. The molecule has 0 saturated carbocycles. The van der Waals surface area contributed by atoms with E-state index in [1.807, 2.05) is 34.8 Å². The normalized spacial score (nSPS) is 11.9. The molecule has 0 bridgehead atoms. The molecular weight excluding hydrogens is 562 g/mol. The van der Waals surface area contributed by atoms with Crippen LogP contribution in [0.3, 0.4) is 0 Å². The van der Waals surface area contributed by atoms with Gasteiger partial charge >= 0.3 is 0 Å². The molecule has 5 nitrogen and oxygen atoms in total. The van der Waals surface area contributed by atoms with E-state index >= 15 is 0 Å². The number of hydrogen-bond acceptors (Lipinski definition) is 3. The summed E-state index contributed by atoms with van der Waals surface area (Å²) in [6, 6.07) is 53.4. The predicted octanol–water partition coefficient (Wildman–Crippen LogP) is 10.0. The average molecular weight is 588 g/mol. The lowest BCUT2D eigenvalue weighted by atomic mass is 10.00. The quantitative estimate of drug-likeness (QED) is 0.207. The van der Waals surface area contributed by atoms with Crippen LogP contribution in [0.1, 0.15) is 0 Å². The number of nitrogens with zero attached hydrogens (tertiary/aromatic N) is 5. The van der Waals surface area contributed by atoms with Gasteiger partial charge in [-0.3, -0.25) is 0 Å². The van der Waals surface area contributed by atoms with Gasteiger partial charge in [0.25, 0.3) is 5.78 Å². The van der Waals surface area contributed by atoms with E-state index in [9.17, 15) is 0 Å². The van der Waals surface area contributed by atoms with Crippen LogP contribution in [0.15, 0.2) is 152 Å². The summed E-state index contributed by atoms with van der Waals surface area (Å²) in [6.07, 6.45) is 0. The Bertz CT molecular complexity index is 2720. The fourth-order valence-electron chi connectivity index (χ4n) is 7.11. The summed E-state index contributed by atoms with van der Waals surface area (Å²) in [5.41, 5.74) is 7.27. The topological polar surface area (TPSA) is 48.0 Å². The largest absolute Gasteiger partial charge is 0.309 e. The molecule has 7 aromatic carbocycles.